The summed E-state index contributed by atoms with van der Waals surface area (Å²) >= 11 is 0. The molecule has 1 aromatic carbocycles. The van der Waals surface area contributed by atoms with Crippen LogP contribution in [0, 0.1) is 22.7 Å². The Morgan fingerprint density at radius 1 is 1.18 bits per heavy atom. The van der Waals surface area contributed by atoms with Crippen molar-refractivity contribution in [3.05, 3.63) is 23.3 Å². The van der Waals surface area contributed by atoms with Crippen LogP contribution in [0.25, 0.3) is 0 Å². The fraction of sp³-hybridized carbons (Fsp3) is 0.682. The lowest BCUT2D eigenvalue weighted by molar-refractivity contribution is -0.0758. The molecule has 5 nitrogen and oxygen atoms in total. The SMILES string of the molecule is COc1cc(C(=O)O)c2c(c1)S(=O)(=O)C[C@H]1[C@H]2CC[C@H]2C(C)(C)CCC[C@]12C. The van der Waals surface area contributed by atoms with E-state index in [0.29, 0.717) is 11.5 Å². The smallest absolute Gasteiger partial charge is 0.336 e. The van der Waals surface area contributed by atoms with Crippen LogP contribution in [0.1, 0.15) is 74.7 Å². The average Bonchev–Trinajstić information content (AvgIpc) is 2.60. The minimum Gasteiger partial charge on any atom is -0.497 e. The van der Waals surface area contributed by atoms with Gasteiger partial charge in [-0.3, -0.25) is 0 Å². The molecule has 0 bridgehead atoms. The highest BCUT2D eigenvalue weighted by atomic mass is 32.2. The quantitative estimate of drug-likeness (QED) is 0.782. The molecule has 1 aromatic rings. The van der Waals surface area contributed by atoms with Crippen molar-refractivity contribution in [3.63, 3.8) is 0 Å². The van der Waals surface area contributed by atoms with Gasteiger partial charge in [0.05, 0.1) is 23.3 Å². The molecule has 2 aliphatic carbocycles. The summed E-state index contributed by atoms with van der Waals surface area (Å²) in [5.41, 5.74) is 0.722. The van der Waals surface area contributed by atoms with Crippen molar-refractivity contribution in [2.45, 2.75) is 63.7 Å². The Morgan fingerprint density at radius 3 is 2.54 bits per heavy atom. The lowest BCUT2D eigenvalue weighted by atomic mass is 9.46. The number of fused-ring (bicyclic) bond motifs is 5. The van der Waals surface area contributed by atoms with Crippen molar-refractivity contribution >= 4 is 15.8 Å². The average molecular weight is 407 g/mol. The monoisotopic (exact) mass is 406 g/mol. The van der Waals surface area contributed by atoms with E-state index in [-0.39, 0.29) is 44.6 Å². The highest BCUT2D eigenvalue weighted by molar-refractivity contribution is 7.91. The third-order valence-electron chi connectivity index (χ3n) is 8.06. The van der Waals surface area contributed by atoms with E-state index in [1.807, 2.05) is 0 Å². The first-order valence-corrected chi connectivity index (χ1v) is 11.8. The zero-order valence-corrected chi connectivity index (χ0v) is 17.9. The molecule has 0 radical (unpaired) electrons. The van der Waals surface area contributed by atoms with Gasteiger partial charge in [-0.15, -0.1) is 0 Å². The maximum absolute atomic E-state index is 13.3. The highest BCUT2D eigenvalue weighted by Gasteiger charge is 2.58. The van der Waals surface area contributed by atoms with Crippen LogP contribution in [0.5, 0.6) is 5.75 Å². The Morgan fingerprint density at radius 2 is 1.89 bits per heavy atom. The number of sulfone groups is 1. The minimum atomic E-state index is -3.57. The molecule has 28 heavy (non-hydrogen) atoms. The number of ether oxygens (including phenoxy) is 1. The highest BCUT2D eigenvalue weighted by Crippen LogP contribution is 2.65. The summed E-state index contributed by atoms with van der Waals surface area (Å²) in [6.45, 7) is 6.89. The number of carbonyl (C=O) groups is 1. The van der Waals surface area contributed by atoms with Crippen molar-refractivity contribution < 1.29 is 23.1 Å². The lowest BCUT2D eigenvalue weighted by Crippen LogP contribution is -2.54. The number of hydrogen-bond donors (Lipinski definition) is 1. The number of hydrogen-bond acceptors (Lipinski definition) is 4. The fourth-order valence-corrected chi connectivity index (χ4v) is 9.01. The van der Waals surface area contributed by atoms with Gasteiger partial charge in [0.2, 0.25) is 0 Å². The van der Waals surface area contributed by atoms with Gasteiger partial charge in [0.25, 0.3) is 0 Å². The Bertz CT molecular complexity index is 932. The number of carboxylic acid groups (broad SMARTS) is 1. The number of aromatic carboxylic acids is 1. The zero-order chi connectivity index (χ0) is 20.5. The predicted molar refractivity (Wildman–Crippen MR) is 107 cm³/mol. The van der Waals surface area contributed by atoms with E-state index in [4.69, 9.17) is 4.74 Å². The first-order chi connectivity index (χ1) is 13.0. The Balaban J connectivity index is 1.92. The van der Waals surface area contributed by atoms with Crippen molar-refractivity contribution in [2.24, 2.45) is 22.7 Å². The second kappa shape index (κ2) is 6.22. The Hall–Kier alpha value is -1.56. The normalized spacial score (nSPS) is 35.2. The summed E-state index contributed by atoms with van der Waals surface area (Å²) in [6.07, 6.45) is 5.17. The summed E-state index contributed by atoms with van der Waals surface area (Å²) in [4.78, 5) is 12.2. The third kappa shape index (κ3) is 2.71. The van der Waals surface area contributed by atoms with Gasteiger partial charge in [-0.1, -0.05) is 27.2 Å². The largest absolute Gasteiger partial charge is 0.497 e. The molecular weight excluding hydrogens is 376 g/mol. The van der Waals surface area contributed by atoms with Gasteiger partial charge in [0, 0.05) is 0 Å². The van der Waals surface area contributed by atoms with Gasteiger partial charge in [0.1, 0.15) is 5.75 Å². The maximum atomic E-state index is 13.3. The van der Waals surface area contributed by atoms with Crippen LogP contribution in [0.3, 0.4) is 0 Å². The minimum absolute atomic E-state index is 0.0225. The van der Waals surface area contributed by atoms with E-state index in [1.54, 1.807) is 0 Å². The maximum Gasteiger partial charge on any atom is 0.336 e. The fourth-order valence-electron chi connectivity index (χ4n) is 6.85. The zero-order valence-electron chi connectivity index (χ0n) is 17.1. The lowest BCUT2D eigenvalue weighted by Gasteiger charge is -2.60. The molecule has 0 spiro atoms. The van der Waals surface area contributed by atoms with Crippen LogP contribution in [-0.2, 0) is 9.84 Å². The number of rotatable bonds is 2. The van der Waals surface area contributed by atoms with Crippen LogP contribution < -0.4 is 4.74 Å². The van der Waals surface area contributed by atoms with Gasteiger partial charge >= 0.3 is 5.97 Å². The molecule has 0 amide bonds. The first kappa shape index (κ1) is 19.7. The molecule has 2 saturated carbocycles. The molecule has 3 aliphatic rings. The second-order valence-electron chi connectivity index (χ2n) is 9.86. The molecule has 1 heterocycles. The van der Waals surface area contributed by atoms with Gasteiger partial charge < -0.3 is 9.84 Å². The molecule has 0 aromatic heterocycles. The van der Waals surface area contributed by atoms with Crippen molar-refractivity contribution in [3.8, 4) is 5.75 Å². The van der Waals surface area contributed by atoms with Gasteiger partial charge in [0.15, 0.2) is 9.84 Å². The van der Waals surface area contributed by atoms with E-state index >= 15 is 0 Å². The van der Waals surface area contributed by atoms with E-state index in [1.165, 1.54) is 25.7 Å². The first-order valence-electron chi connectivity index (χ1n) is 10.2. The van der Waals surface area contributed by atoms with Crippen LogP contribution >= 0.6 is 0 Å². The molecule has 0 unspecified atom stereocenters. The predicted octanol–water partition coefficient (Wildman–Crippen LogP) is 4.51. The van der Waals surface area contributed by atoms with Crippen LogP contribution in [0.4, 0.5) is 0 Å². The van der Waals surface area contributed by atoms with Gasteiger partial charge in [-0.2, -0.15) is 0 Å². The summed E-state index contributed by atoms with van der Waals surface area (Å²) in [7, 11) is -2.14. The van der Waals surface area contributed by atoms with Crippen molar-refractivity contribution in [1.29, 1.82) is 0 Å². The number of benzene rings is 1. The summed E-state index contributed by atoms with van der Waals surface area (Å²) in [6, 6.07) is 3.00. The molecule has 1 aliphatic heterocycles. The molecule has 6 heteroatoms. The van der Waals surface area contributed by atoms with E-state index in [2.05, 4.69) is 20.8 Å². The van der Waals surface area contributed by atoms with Gasteiger partial charge in [-0.05, 0) is 72.0 Å². The van der Waals surface area contributed by atoms with Crippen molar-refractivity contribution in [2.75, 3.05) is 12.9 Å². The van der Waals surface area contributed by atoms with Crippen LogP contribution in [-0.4, -0.2) is 32.4 Å². The van der Waals surface area contributed by atoms with E-state index in [9.17, 15) is 18.3 Å². The molecule has 1 N–H and O–H groups in total. The second-order valence-corrected chi connectivity index (χ2v) is 11.9. The Kier molecular flexibility index (Phi) is 4.38. The van der Waals surface area contributed by atoms with E-state index < -0.39 is 15.8 Å². The van der Waals surface area contributed by atoms with Crippen LogP contribution in [0.15, 0.2) is 17.0 Å². The topological polar surface area (TPSA) is 80.7 Å². The molecule has 0 saturated heterocycles. The molecule has 154 valence electrons. The van der Waals surface area contributed by atoms with Crippen molar-refractivity contribution in [1.82, 2.24) is 0 Å². The summed E-state index contributed by atoms with van der Waals surface area (Å²) in [5, 5.41) is 9.85. The molecule has 4 atom stereocenters. The van der Waals surface area contributed by atoms with Crippen LogP contribution in [0.2, 0.25) is 0 Å². The molecular formula is C22H30O5S. The summed E-state index contributed by atoms with van der Waals surface area (Å²) < 4.78 is 31.8. The summed E-state index contributed by atoms with van der Waals surface area (Å²) in [5.74, 6) is -0.266. The standard InChI is InChI=1S/C22H30O5S/c1-21(2)8-5-9-22(3)16-12-28(25,26)17-11-13(27-4)10-15(20(23)24)19(17)14(16)6-7-18(21)22/h10-11,14,16,18H,5-9,12H2,1-4H3,(H,23,24)/t14-,16+,18+,22-/m1/s1. The molecule has 2 fully saturated rings. The Labute approximate surface area is 167 Å². The molecule has 4 rings (SSSR count). The third-order valence-corrected chi connectivity index (χ3v) is 9.87. The number of methoxy groups -OCH3 is 1. The van der Waals surface area contributed by atoms with Gasteiger partial charge in [-0.25, -0.2) is 13.2 Å². The number of carboxylic acids is 1. The van der Waals surface area contributed by atoms with E-state index in [0.717, 1.165) is 25.7 Å².